The lowest BCUT2D eigenvalue weighted by atomic mass is 9.94. The van der Waals surface area contributed by atoms with Crippen LogP contribution in [0, 0.1) is 5.82 Å². The number of nitrogens with zero attached hydrogens (tertiary/aromatic N) is 3. The van der Waals surface area contributed by atoms with Crippen molar-refractivity contribution < 1.29 is 33.3 Å². The van der Waals surface area contributed by atoms with Crippen LogP contribution in [-0.2, 0) is 15.3 Å². The Balaban J connectivity index is 1.63. The summed E-state index contributed by atoms with van der Waals surface area (Å²) in [6, 6.07) is 16.8. The maximum absolute atomic E-state index is 13.6. The van der Waals surface area contributed by atoms with Gasteiger partial charge < -0.3 is 19.3 Å². The van der Waals surface area contributed by atoms with Crippen molar-refractivity contribution in [1.29, 1.82) is 0 Å². The summed E-state index contributed by atoms with van der Waals surface area (Å²) in [5, 5.41) is 19.9. The number of ketones is 1. The summed E-state index contributed by atoms with van der Waals surface area (Å²) < 4.78 is 30.7. The second kappa shape index (κ2) is 12.0. The minimum absolute atomic E-state index is 0.165. The number of benzene rings is 3. The van der Waals surface area contributed by atoms with Crippen molar-refractivity contribution in [2.75, 3.05) is 26.2 Å². The van der Waals surface area contributed by atoms with E-state index in [0.717, 1.165) is 29.0 Å². The first-order chi connectivity index (χ1) is 19.9. The Hall–Kier alpha value is -4.42. The van der Waals surface area contributed by atoms with Gasteiger partial charge in [-0.15, -0.1) is 10.2 Å². The van der Waals surface area contributed by atoms with Crippen molar-refractivity contribution in [1.82, 2.24) is 10.2 Å². The van der Waals surface area contributed by atoms with Crippen molar-refractivity contribution in [3.8, 4) is 17.2 Å². The number of thioether (sulfide) groups is 1. The van der Waals surface area contributed by atoms with Gasteiger partial charge in [0.2, 0.25) is 10.9 Å². The number of halogens is 1. The quantitative estimate of drug-likeness (QED) is 0.0869. The lowest BCUT2D eigenvalue weighted by molar-refractivity contribution is -0.132. The Morgan fingerprint density at radius 3 is 2.24 bits per heavy atom. The molecule has 1 saturated heterocycles. The third-order valence-electron chi connectivity index (χ3n) is 6.37. The van der Waals surface area contributed by atoms with E-state index in [1.165, 1.54) is 50.1 Å². The van der Waals surface area contributed by atoms with Crippen molar-refractivity contribution >= 4 is 45.7 Å². The molecule has 0 saturated carbocycles. The lowest BCUT2D eigenvalue weighted by Gasteiger charge is -2.24. The molecule has 0 bridgehead atoms. The molecule has 0 spiro atoms. The molecule has 1 N–H and O–H groups in total. The number of aliphatic hydroxyl groups excluding tert-OH is 1. The van der Waals surface area contributed by atoms with E-state index in [4.69, 9.17) is 14.2 Å². The highest BCUT2D eigenvalue weighted by Gasteiger charge is 2.49. The Morgan fingerprint density at radius 2 is 1.63 bits per heavy atom. The average Bonchev–Trinajstić information content (AvgIpc) is 3.57. The van der Waals surface area contributed by atoms with Crippen LogP contribution in [0.1, 0.15) is 22.7 Å². The summed E-state index contributed by atoms with van der Waals surface area (Å²) >= 11 is 2.59. The van der Waals surface area contributed by atoms with Crippen LogP contribution in [0.25, 0.3) is 5.76 Å². The minimum atomic E-state index is -1.13. The molecular weight excluding hydrogens is 569 g/mol. The predicted molar refractivity (Wildman–Crippen MR) is 153 cm³/mol. The largest absolute Gasteiger partial charge is 0.507 e. The number of ether oxygens (including phenoxy) is 3. The van der Waals surface area contributed by atoms with Gasteiger partial charge in [-0.05, 0) is 47.5 Å². The summed E-state index contributed by atoms with van der Waals surface area (Å²) in [6.45, 7) is 0. The van der Waals surface area contributed by atoms with Gasteiger partial charge >= 0.3 is 5.91 Å². The van der Waals surface area contributed by atoms with Crippen LogP contribution in [0.2, 0.25) is 0 Å². The van der Waals surface area contributed by atoms with Gasteiger partial charge in [-0.3, -0.25) is 14.5 Å². The summed E-state index contributed by atoms with van der Waals surface area (Å²) in [5.41, 5.74) is 1.44. The van der Waals surface area contributed by atoms with Gasteiger partial charge in [0.1, 0.15) is 11.6 Å². The highest BCUT2D eigenvalue weighted by Crippen LogP contribution is 2.48. The first-order valence-corrected chi connectivity index (χ1v) is 14.0. The molecule has 0 aliphatic carbocycles. The molecule has 1 fully saturated rings. The van der Waals surface area contributed by atoms with E-state index in [0.29, 0.717) is 21.4 Å². The number of carbonyl (C=O) groups excluding carboxylic acids is 2. The Kier molecular flexibility index (Phi) is 8.22. The number of hydrogen-bond donors (Lipinski definition) is 1. The zero-order chi connectivity index (χ0) is 29.1. The first kappa shape index (κ1) is 28.1. The molecular formula is C29H24FN3O6S2. The maximum Gasteiger partial charge on any atom is 0.301 e. The molecule has 9 nitrogen and oxygen atoms in total. The number of hydrogen-bond acceptors (Lipinski definition) is 10. The van der Waals surface area contributed by atoms with Crippen LogP contribution in [0.5, 0.6) is 17.2 Å². The highest BCUT2D eigenvalue weighted by molar-refractivity contribution is 8.00. The number of amides is 1. The van der Waals surface area contributed by atoms with Gasteiger partial charge in [0, 0.05) is 11.3 Å². The third kappa shape index (κ3) is 5.48. The molecule has 1 atom stereocenters. The molecule has 1 amide bonds. The minimum Gasteiger partial charge on any atom is -0.507 e. The van der Waals surface area contributed by atoms with Crippen LogP contribution in [0.4, 0.5) is 9.52 Å². The van der Waals surface area contributed by atoms with Crippen LogP contribution >= 0.6 is 23.1 Å². The number of Topliss-reactive ketones (excluding diaryl/α,β-unsaturated/α-hetero) is 1. The maximum atomic E-state index is 13.6. The average molecular weight is 594 g/mol. The van der Waals surface area contributed by atoms with E-state index in [9.17, 15) is 19.1 Å². The fourth-order valence-corrected chi connectivity index (χ4v) is 6.27. The second-order valence-corrected chi connectivity index (χ2v) is 10.9. The molecule has 1 aromatic heterocycles. The topological polar surface area (TPSA) is 111 Å². The number of methoxy groups -OCH3 is 3. The molecule has 41 heavy (non-hydrogen) atoms. The van der Waals surface area contributed by atoms with Gasteiger partial charge in [-0.25, -0.2) is 4.39 Å². The molecule has 3 aromatic carbocycles. The lowest BCUT2D eigenvalue weighted by Crippen LogP contribution is -2.29. The van der Waals surface area contributed by atoms with E-state index < -0.39 is 29.3 Å². The van der Waals surface area contributed by atoms with E-state index in [1.807, 2.05) is 30.3 Å². The van der Waals surface area contributed by atoms with Gasteiger partial charge in [0.25, 0.3) is 5.78 Å². The fourth-order valence-electron chi connectivity index (χ4n) is 4.45. The molecule has 1 aliphatic rings. The van der Waals surface area contributed by atoms with Gasteiger partial charge in [-0.2, -0.15) is 0 Å². The van der Waals surface area contributed by atoms with Gasteiger partial charge in [0.15, 0.2) is 15.8 Å². The molecule has 2 heterocycles. The van der Waals surface area contributed by atoms with Crippen molar-refractivity contribution in [3.63, 3.8) is 0 Å². The Bertz CT molecular complexity index is 1600. The van der Waals surface area contributed by atoms with Crippen molar-refractivity contribution in [3.05, 3.63) is 94.8 Å². The zero-order valence-corrected chi connectivity index (χ0v) is 23.8. The third-order valence-corrected chi connectivity index (χ3v) is 8.50. The fraction of sp³-hybridized carbons (Fsp3) is 0.172. The smallest absolute Gasteiger partial charge is 0.301 e. The number of aliphatic hydroxyl groups is 1. The van der Waals surface area contributed by atoms with E-state index in [1.54, 1.807) is 12.1 Å². The van der Waals surface area contributed by atoms with Crippen LogP contribution < -0.4 is 19.1 Å². The van der Waals surface area contributed by atoms with Crippen molar-refractivity contribution in [2.24, 2.45) is 0 Å². The molecule has 4 aromatic rings. The van der Waals surface area contributed by atoms with Crippen LogP contribution in [0.3, 0.4) is 0 Å². The van der Waals surface area contributed by atoms with E-state index in [2.05, 4.69) is 10.2 Å². The molecule has 1 aliphatic heterocycles. The number of aromatic nitrogens is 2. The molecule has 1 unspecified atom stereocenters. The normalized spacial score (nSPS) is 16.2. The summed E-state index contributed by atoms with van der Waals surface area (Å²) in [6.07, 6.45) is 0. The summed E-state index contributed by atoms with van der Waals surface area (Å²) in [4.78, 5) is 28.2. The highest BCUT2D eigenvalue weighted by atomic mass is 32.2. The number of anilines is 1. The first-order valence-electron chi connectivity index (χ1n) is 12.2. The standard InChI is InChI=1S/C29H24FN3O6S2/c1-37-20-13-18(14-21(38-2)26(20)39-3)23-22(24(34)17-9-11-19(30)12-10-17)25(35)27(36)33(23)28-31-32-29(41-28)40-15-16-7-5-4-6-8-16/h4-14,23,34H,15H2,1-3H3/b24-22-. The molecule has 210 valence electrons. The SMILES string of the molecule is COc1cc(C2/C(=C(/O)c3ccc(F)cc3)C(=O)C(=O)N2c2nnc(SCc3ccccc3)s2)cc(OC)c1OC. The monoisotopic (exact) mass is 593 g/mol. The van der Waals surface area contributed by atoms with Crippen LogP contribution in [0.15, 0.2) is 76.6 Å². The second-order valence-electron chi connectivity index (χ2n) is 8.76. The number of carbonyl (C=O) groups is 2. The molecule has 5 rings (SSSR count). The Morgan fingerprint density at radius 1 is 0.976 bits per heavy atom. The van der Waals surface area contributed by atoms with E-state index >= 15 is 0 Å². The van der Waals surface area contributed by atoms with Crippen molar-refractivity contribution in [2.45, 2.75) is 16.1 Å². The van der Waals surface area contributed by atoms with Crippen LogP contribution in [-0.4, -0.2) is 48.3 Å². The zero-order valence-electron chi connectivity index (χ0n) is 22.2. The van der Waals surface area contributed by atoms with E-state index in [-0.39, 0.29) is 27.8 Å². The molecule has 0 radical (unpaired) electrons. The summed E-state index contributed by atoms with van der Waals surface area (Å²) in [7, 11) is 4.34. The van der Waals surface area contributed by atoms with Gasteiger partial charge in [-0.1, -0.05) is 53.4 Å². The predicted octanol–water partition coefficient (Wildman–Crippen LogP) is 5.62. The Labute approximate surface area is 243 Å². The molecule has 12 heteroatoms. The number of rotatable bonds is 9. The van der Waals surface area contributed by atoms with Gasteiger partial charge in [0.05, 0.1) is 32.9 Å². The summed E-state index contributed by atoms with van der Waals surface area (Å²) in [5.74, 6) is -1.30.